The van der Waals surface area contributed by atoms with Gasteiger partial charge in [-0.3, -0.25) is 0 Å². The molecule has 0 aliphatic rings. The topological polar surface area (TPSA) is 24.7 Å². The zero-order valence-electron chi connectivity index (χ0n) is 7.70. The zero-order valence-corrected chi connectivity index (χ0v) is 7.70. The minimum atomic E-state index is 0.606. The first-order valence-electron chi connectivity index (χ1n) is 4.00. The van der Waals surface area contributed by atoms with Gasteiger partial charge in [0.25, 0.3) is 0 Å². The molecule has 0 aliphatic heterocycles. The standard InChI is InChI=1S/C11H12N2/c1-4-13-11(12-3)10-7-5-9(2)6-8-10/h4-8H,1,3H2,2H3. The van der Waals surface area contributed by atoms with E-state index in [4.69, 9.17) is 0 Å². The van der Waals surface area contributed by atoms with E-state index in [-0.39, 0.29) is 0 Å². The Hall–Kier alpha value is -1.70. The van der Waals surface area contributed by atoms with E-state index in [0.29, 0.717) is 5.84 Å². The van der Waals surface area contributed by atoms with Crippen LogP contribution < -0.4 is 0 Å². The van der Waals surface area contributed by atoms with Crippen molar-refractivity contribution >= 4 is 12.6 Å². The molecule has 2 nitrogen and oxygen atoms in total. The molecule has 0 fully saturated rings. The van der Waals surface area contributed by atoms with Crippen LogP contribution in [0.2, 0.25) is 0 Å². The summed E-state index contributed by atoms with van der Waals surface area (Å²) in [4.78, 5) is 7.80. The number of amidine groups is 1. The van der Waals surface area contributed by atoms with E-state index in [1.807, 2.05) is 31.2 Å². The lowest BCUT2D eigenvalue weighted by Crippen LogP contribution is -1.95. The van der Waals surface area contributed by atoms with Gasteiger partial charge in [0, 0.05) is 11.8 Å². The third-order valence-corrected chi connectivity index (χ3v) is 1.67. The van der Waals surface area contributed by atoms with Crippen LogP contribution in [0.4, 0.5) is 0 Å². The molecule has 0 unspecified atom stereocenters. The third-order valence-electron chi connectivity index (χ3n) is 1.67. The molecule has 66 valence electrons. The number of aliphatic imine (C=N–C) groups is 2. The Bertz CT molecular complexity index is 334. The van der Waals surface area contributed by atoms with Gasteiger partial charge in [0.05, 0.1) is 0 Å². The van der Waals surface area contributed by atoms with Gasteiger partial charge in [-0.15, -0.1) is 0 Å². The first-order valence-corrected chi connectivity index (χ1v) is 4.00. The van der Waals surface area contributed by atoms with Gasteiger partial charge in [0.15, 0.2) is 5.84 Å². The largest absolute Gasteiger partial charge is 0.245 e. The van der Waals surface area contributed by atoms with Crippen LogP contribution in [0.25, 0.3) is 0 Å². The first kappa shape index (κ1) is 9.39. The number of aryl methyl sites for hydroxylation is 1. The van der Waals surface area contributed by atoms with Crippen LogP contribution in [0.1, 0.15) is 11.1 Å². The summed E-state index contributed by atoms with van der Waals surface area (Å²) in [5.74, 6) is 0.606. The second kappa shape index (κ2) is 4.36. The Morgan fingerprint density at radius 3 is 2.38 bits per heavy atom. The highest BCUT2D eigenvalue weighted by Crippen LogP contribution is 2.05. The molecule has 0 N–H and O–H groups in total. The summed E-state index contributed by atoms with van der Waals surface area (Å²) in [6.07, 6.45) is 1.46. The molecule has 0 amide bonds. The maximum Gasteiger partial charge on any atom is 0.158 e. The van der Waals surface area contributed by atoms with E-state index in [1.165, 1.54) is 11.8 Å². The molecule has 0 spiro atoms. The van der Waals surface area contributed by atoms with Crippen LogP contribution in [0.5, 0.6) is 0 Å². The fourth-order valence-electron chi connectivity index (χ4n) is 0.996. The third kappa shape index (κ3) is 2.37. The number of hydrogen-bond donors (Lipinski definition) is 0. The smallest absolute Gasteiger partial charge is 0.158 e. The predicted octanol–water partition coefficient (Wildman–Crippen LogP) is 2.59. The highest BCUT2D eigenvalue weighted by molar-refractivity contribution is 6.01. The highest BCUT2D eigenvalue weighted by atomic mass is 14.9. The molecule has 0 aliphatic carbocycles. The van der Waals surface area contributed by atoms with Gasteiger partial charge in [-0.2, -0.15) is 0 Å². The maximum absolute atomic E-state index is 3.99. The van der Waals surface area contributed by atoms with Crippen molar-refractivity contribution in [2.45, 2.75) is 6.92 Å². The zero-order chi connectivity index (χ0) is 9.68. The number of rotatable bonds is 2. The van der Waals surface area contributed by atoms with E-state index < -0.39 is 0 Å². The van der Waals surface area contributed by atoms with Gasteiger partial charge < -0.3 is 0 Å². The summed E-state index contributed by atoms with van der Waals surface area (Å²) < 4.78 is 0. The molecule has 2 heteroatoms. The Labute approximate surface area is 78.4 Å². The van der Waals surface area contributed by atoms with Crippen LogP contribution in [0.15, 0.2) is 47.0 Å². The predicted molar refractivity (Wildman–Crippen MR) is 57.5 cm³/mol. The molecule has 0 aromatic heterocycles. The Morgan fingerprint density at radius 2 is 1.92 bits per heavy atom. The second-order valence-electron chi connectivity index (χ2n) is 2.66. The molecule has 0 bridgehead atoms. The molecule has 0 saturated carbocycles. The second-order valence-corrected chi connectivity index (χ2v) is 2.66. The number of nitrogens with zero attached hydrogens (tertiary/aromatic N) is 2. The van der Waals surface area contributed by atoms with Gasteiger partial charge in [-0.1, -0.05) is 36.4 Å². The number of hydrogen-bond acceptors (Lipinski definition) is 1. The lowest BCUT2D eigenvalue weighted by atomic mass is 10.1. The molecule has 13 heavy (non-hydrogen) atoms. The van der Waals surface area contributed by atoms with Crippen molar-refractivity contribution in [1.29, 1.82) is 0 Å². The fourth-order valence-corrected chi connectivity index (χ4v) is 0.996. The van der Waals surface area contributed by atoms with Gasteiger partial charge >= 0.3 is 0 Å². The van der Waals surface area contributed by atoms with Crippen LogP contribution in [-0.4, -0.2) is 12.6 Å². The normalized spacial score (nSPS) is 11.0. The molecule has 0 radical (unpaired) electrons. The summed E-state index contributed by atoms with van der Waals surface area (Å²) in [7, 11) is 0. The molecule has 0 saturated heterocycles. The Morgan fingerprint density at radius 1 is 1.31 bits per heavy atom. The van der Waals surface area contributed by atoms with Gasteiger partial charge in [-0.25, -0.2) is 9.98 Å². The average molecular weight is 172 g/mol. The van der Waals surface area contributed by atoms with Crippen LogP contribution in [0.3, 0.4) is 0 Å². The van der Waals surface area contributed by atoms with Crippen LogP contribution in [-0.2, 0) is 0 Å². The van der Waals surface area contributed by atoms with Gasteiger partial charge in [0.2, 0.25) is 0 Å². The van der Waals surface area contributed by atoms with Crippen molar-refractivity contribution in [3.63, 3.8) is 0 Å². The van der Waals surface area contributed by atoms with Crippen molar-refractivity contribution in [3.8, 4) is 0 Å². The Balaban J connectivity index is 3.06. The summed E-state index contributed by atoms with van der Waals surface area (Å²) in [6, 6.07) is 7.96. The minimum Gasteiger partial charge on any atom is -0.245 e. The van der Waals surface area contributed by atoms with Crippen molar-refractivity contribution in [2.75, 3.05) is 0 Å². The average Bonchev–Trinajstić information content (AvgIpc) is 2.16. The lowest BCUT2D eigenvalue weighted by molar-refractivity contribution is 1.43. The molecule has 0 heterocycles. The quantitative estimate of drug-likeness (QED) is 0.484. The summed E-state index contributed by atoms with van der Waals surface area (Å²) >= 11 is 0. The van der Waals surface area contributed by atoms with E-state index in [1.54, 1.807) is 0 Å². The fraction of sp³-hybridized carbons (Fsp3) is 0.0909. The monoisotopic (exact) mass is 172 g/mol. The minimum absolute atomic E-state index is 0.606. The van der Waals surface area contributed by atoms with Crippen LogP contribution >= 0.6 is 0 Å². The molecular weight excluding hydrogens is 160 g/mol. The van der Waals surface area contributed by atoms with Crippen molar-refractivity contribution in [3.05, 3.63) is 48.2 Å². The van der Waals surface area contributed by atoms with Crippen molar-refractivity contribution < 1.29 is 0 Å². The highest BCUT2D eigenvalue weighted by Gasteiger charge is 1.97. The van der Waals surface area contributed by atoms with E-state index >= 15 is 0 Å². The number of benzene rings is 1. The molecule has 1 rings (SSSR count). The molecule has 1 aromatic carbocycles. The summed E-state index contributed by atoms with van der Waals surface area (Å²) in [5.41, 5.74) is 2.17. The molecule has 1 aromatic rings. The first-order chi connectivity index (χ1) is 6.27. The Kier molecular flexibility index (Phi) is 3.15. The lowest BCUT2D eigenvalue weighted by Gasteiger charge is -1.99. The van der Waals surface area contributed by atoms with Crippen molar-refractivity contribution in [1.82, 2.24) is 0 Å². The molecular formula is C11H12N2. The van der Waals surface area contributed by atoms with E-state index in [2.05, 4.69) is 23.3 Å². The van der Waals surface area contributed by atoms with E-state index in [9.17, 15) is 0 Å². The maximum atomic E-state index is 3.99. The van der Waals surface area contributed by atoms with E-state index in [0.717, 1.165) is 5.56 Å². The molecule has 0 atom stereocenters. The SMILES string of the molecule is C=CN=C(N=C)c1ccc(C)cc1. The van der Waals surface area contributed by atoms with Crippen molar-refractivity contribution in [2.24, 2.45) is 9.98 Å². The van der Waals surface area contributed by atoms with Gasteiger partial charge in [-0.05, 0) is 13.6 Å². The van der Waals surface area contributed by atoms with Gasteiger partial charge in [0.1, 0.15) is 0 Å². The summed E-state index contributed by atoms with van der Waals surface area (Å²) in [5, 5.41) is 0. The van der Waals surface area contributed by atoms with Crippen LogP contribution in [0, 0.1) is 6.92 Å². The summed E-state index contributed by atoms with van der Waals surface area (Å²) in [6.45, 7) is 9.00.